The van der Waals surface area contributed by atoms with E-state index in [9.17, 15) is 9.59 Å². The van der Waals surface area contributed by atoms with Crippen LogP contribution in [0.5, 0.6) is 11.5 Å². The van der Waals surface area contributed by atoms with E-state index in [1.807, 2.05) is 51.1 Å². The summed E-state index contributed by atoms with van der Waals surface area (Å²) in [7, 11) is 0. The van der Waals surface area contributed by atoms with Crippen LogP contribution in [0.3, 0.4) is 0 Å². The molecule has 2 aromatic rings. The van der Waals surface area contributed by atoms with Gasteiger partial charge in [-0.3, -0.25) is 4.79 Å². The minimum absolute atomic E-state index is 0.0395. The number of furan rings is 1. The summed E-state index contributed by atoms with van der Waals surface area (Å²) in [6.07, 6.45) is 0.651. The van der Waals surface area contributed by atoms with Crippen molar-refractivity contribution >= 4 is 11.9 Å². The van der Waals surface area contributed by atoms with Gasteiger partial charge in [0.05, 0.1) is 6.54 Å². The summed E-state index contributed by atoms with van der Waals surface area (Å²) in [6, 6.07) is 9.09. The number of ether oxygens (including phenoxy) is 3. The normalized spacial score (nSPS) is 12.0. The Morgan fingerprint density at radius 2 is 1.88 bits per heavy atom. The maximum absolute atomic E-state index is 13.4. The van der Waals surface area contributed by atoms with Crippen LogP contribution in [0.2, 0.25) is 0 Å². The Hall–Kier alpha value is -3.20. The van der Waals surface area contributed by atoms with Crippen molar-refractivity contribution in [2.24, 2.45) is 0 Å². The average Bonchev–Trinajstić information content (AvgIpc) is 3.43. The van der Waals surface area contributed by atoms with Gasteiger partial charge in [-0.2, -0.15) is 0 Å². The van der Waals surface area contributed by atoms with Crippen LogP contribution >= 0.6 is 0 Å². The van der Waals surface area contributed by atoms with Crippen molar-refractivity contribution in [2.75, 3.05) is 39.6 Å². The number of hydrogen-bond donors (Lipinski definition) is 1. The molecule has 1 aromatic heterocycles. The first kappa shape index (κ1) is 24.4. The number of urea groups is 1. The molecule has 9 nitrogen and oxygen atoms in total. The van der Waals surface area contributed by atoms with Crippen molar-refractivity contribution in [1.29, 1.82) is 0 Å². The first-order chi connectivity index (χ1) is 16.0. The van der Waals surface area contributed by atoms with Crippen LogP contribution in [0.1, 0.15) is 37.4 Å². The van der Waals surface area contributed by atoms with Gasteiger partial charge in [-0.25, -0.2) is 4.79 Å². The van der Waals surface area contributed by atoms with Gasteiger partial charge >= 0.3 is 6.03 Å². The fourth-order valence-electron chi connectivity index (χ4n) is 3.53. The lowest BCUT2D eigenvalue weighted by atomic mass is 10.2. The predicted octanol–water partition coefficient (Wildman–Crippen LogP) is 3.30. The van der Waals surface area contributed by atoms with E-state index in [0.717, 1.165) is 11.3 Å². The molecule has 1 aromatic carbocycles. The molecule has 0 aliphatic carbocycles. The largest absolute Gasteiger partial charge is 0.464 e. The fraction of sp³-hybridized carbons (Fsp3) is 0.500. The third kappa shape index (κ3) is 7.15. The summed E-state index contributed by atoms with van der Waals surface area (Å²) < 4.78 is 22.0. The van der Waals surface area contributed by atoms with E-state index in [2.05, 4.69) is 5.32 Å². The number of rotatable bonds is 12. The van der Waals surface area contributed by atoms with E-state index < -0.39 is 0 Å². The summed E-state index contributed by atoms with van der Waals surface area (Å²) in [6.45, 7) is 8.50. The number of nitrogens with zero attached hydrogens (tertiary/aromatic N) is 2. The topological polar surface area (TPSA) is 93.5 Å². The quantitative estimate of drug-likeness (QED) is 0.490. The third-order valence-electron chi connectivity index (χ3n) is 5.17. The van der Waals surface area contributed by atoms with Gasteiger partial charge in [-0.15, -0.1) is 0 Å². The molecule has 1 N–H and O–H groups in total. The monoisotopic (exact) mass is 459 g/mol. The van der Waals surface area contributed by atoms with Crippen molar-refractivity contribution in [2.45, 2.75) is 40.3 Å². The average molecular weight is 460 g/mol. The molecule has 0 radical (unpaired) electrons. The van der Waals surface area contributed by atoms with Crippen LogP contribution < -0.4 is 14.8 Å². The van der Waals surface area contributed by atoms with Gasteiger partial charge < -0.3 is 33.7 Å². The number of fused-ring (bicyclic) bond motifs is 1. The van der Waals surface area contributed by atoms with E-state index in [1.54, 1.807) is 4.90 Å². The van der Waals surface area contributed by atoms with Crippen molar-refractivity contribution in [3.63, 3.8) is 0 Å². The predicted molar refractivity (Wildman–Crippen MR) is 122 cm³/mol. The number of carbonyl (C=O) groups excluding carboxylic acids is 2. The highest BCUT2D eigenvalue weighted by Crippen LogP contribution is 2.33. The smallest absolute Gasteiger partial charge is 0.317 e. The molecule has 0 unspecified atom stereocenters. The molecule has 33 heavy (non-hydrogen) atoms. The molecule has 3 amide bonds. The van der Waals surface area contributed by atoms with E-state index in [-0.39, 0.29) is 25.3 Å². The fourth-order valence-corrected chi connectivity index (χ4v) is 3.53. The molecule has 0 bridgehead atoms. The Balaban J connectivity index is 1.73. The third-order valence-corrected chi connectivity index (χ3v) is 5.17. The summed E-state index contributed by atoms with van der Waals surface area (Å²) in [5, 5.41) is 2.79. The second kappa shape index (κ2) is 12.2. The van der Waals surface area contributed by atoms with E-state index in [4.69, 9.17) is 18.6 Å². The van der Waals surface area contributed by atoms with Crippen molar-refractivity contribution in [3.8, 4) is 11.5 Å². The molecule has 180 valence electrons. The van der Waals surface area contributed by atoms with Crippen LogP contribution in [0, 0.1) is 6.92 Å². The minimum atomic E-state index is -0.265. The molecule has 0 fully saturated rings. The molecule has 0 saturated heterocycles. The number of benzene rings is 1. The Morgan fingerprint density at radius 3 is 2.61 bits per heavy atom. The SMILES string of the molecule is CCNC(=O)N(CCCOCC)CC(=O)N(Cc1ccc2c(c1)OCO2)Cc1ccc(C)o1. The highest BCUT2D eigenvalue weighted by Gasteiger charge is 2.23. The number of aryl methyl sites for hydroxylation is 1. The van der Waals surface area contributed by atoms with Crippen molar-refractivity contribution in [3.05, 3.63) is 47.4 Å². The summed E-state index contributed by atoms with van der Waals surface area (Å²) in [5.74, 6) is 2.64. The Labute approximate surface area is 194 Å². The molecule has 9 heteroatoms. The van der Waals surface area contributed by atoms with Crippen molar-refractivity contribution < 1.29 is 28.2 Å². The molecule has 0 saturated carbocycles. The molecule has 0 atom stereocenters. The first-order valence-corrected chi connectivity index (χ1v) is 11.3. The molecule has 1 aliphatic heterocycles. The number of hydrogen-bond acceptors (Lipinski definition) is 6. The van der Waals surface area contributed by atoms with Gasteiger partial charge in [0.2, 0.25) is 12.7 Å². The van der Waals surface area contributed by atoms with Gasteiger partial charge in [0.15, 0.2) is 11.5 Å². The van der Waals surface area contributed by atoms with Crippen LogP contribution in [-0.2, 0) is 22.6 Å². The highest BCUT2D eigenvalue weighted by molar-refractivity contribution is 5.84. The number of amides is 3. The van der Waals surface area contributed by atoms with Gasteiger partial charge in [0.1, 0.15) is 18.1 Å². The Bertz CT molecular complexity index is 929. The number of carbonyl (C=O) groups is 2. The van der Waals surface area contributed by atoms with Gasteiger partial charge in [0.25, 0.3) is 0 Å². The zero-order chi connectivity index (χ0) is 23.6. The molecular weight excluding hydrogens is 426 g/mol. The highest BCUT2D eigenvalue weighted by atomic mass is 16.7. The maximum Gasteiger partial charge on any atom is 0.317 e. The lowest BCUT2D eigenvalue weighted by Crippen LogP contribution is -2.47. The van der Waals surface area contributed by atoms with Gasteiger partial charge in [0, 0.05) is 32.8 Å². The van der Waals surface area contributed by atoms with Gasteiger partial charge in [-0.05, 0) is 57.0 Å². The lowest BCUT2D eigenvalue weighted by molar-refractivity contribution is -0.133. The van der Waals surface area contributed by atoms with Crippen LogP contribution in [0.15, 0.2) is 34.7 Å². The molecule has 0 spiro atoms. The van der Waals surface area contributed by atoms with Crippen molar-refractivity contribution in [1.82, 2.24) is 15.1 Å². The van der Waals surface area contributed by atoms with Crippen LogP contribution in [-0.4, -0.2) is 61.4 Å². The zero-order valence-corrected chi connectivity index (χ0v) is 19.6. The first-order valence-electron chi connectivity index (χ1n) is 11.3. The summed E-state index contributed by atoms with van der Waals surface area (Å²) >= 11 is 0. The molecule has 1 aliphatic rings. The van der Waals surface area contributed by atoms with Crippen LogP contribution in [0.4, 0.5) is 4.79 Å². The Kier molecular flexibility index (Phi) is 9.00. The Morgan fingerprint density at radius 1 is 1.06 bits per heavy atom. The minimum Gasteiger partial charge on any atom is -0.464 e. The van der Waals surface area contributed by atoms with E-state index in [0.29, 0.717) is 63.1 Å². The van der Waals surface area contributed by atoms with Gasteiger partial charge in [-0.1, -0.05) is 6.07 Å². The summed E-state index contributed by atoms with van der Waals surface area (Å²) in [4.78, 5) is 29.2. The second-order valence-corrected chi connectivity index (χ2v) is 7.76. The standard InChI is InChI=1S/C24H33N3O6/c1-4-25-24(29)26(11-6-12-30-5-2)16-23(28)27(15-20-9-7-18(3)33-20)14-19-8-10-21-22(13-19)32-17-31-21/h7-10,13H,4-6,11-12,14-17H2,1-3H3,(H,25,29). The lowest BCUT2D eigenvalue weighted by Gasteiger charge is -2.27. The second-order valence-electron chi connectivity index (χ2n) is 7.76. The molecule has 3 rings (SSSR count). The zero-order valence-electron chi connectivity index (χ0n) is 19.6. The summed E-state index contributed by atoms with van der Waals surface area (Å²) in [5.41, 5.74) is 0.900. The van der Waals surface area contributed by atoms with Crippen LogP contribution in [0.25, 0.3) is 0 Å². The maximum atomic E-state index is 13.4. The van der Waals surface area contributed by atoms with E-state index in [1.165, 1.54) is 4.90 Å². The van der Waals surface area contributed by atoms with E-state index >= 15 is 0 Å². The molecule has 2 heterocycles. The number of nitrogens with one attached hydrogen (secondary N) is 1. The molecular formula is C24H33N3O6.